The molecule has 0 radical (unpaired) electrons. The number of aliphatic hydroxyl groups is 1. The van der Waals surface area contributed by atoms with Crippen LogP contribution in [0, 0.1) is 0 Å². The van der Waals surface area contributed by atoms with E-state index in [2.05, 4.69) is 37.7 Å². The predicted molar refractivity (Wildman–Crippen MR) is 216 cm³/mol. The van der Waals surface area contributed by atoms with E-state index in [0.29, 0.717) is 17.2 Å². The average molecular weight is 776 g/mol. The van der Waals surface area contributed by atoms with Gasteiger partial charge in [-0.3, -0.25) is 9.36 Å². The molecule has 0 bridgehead atoms. The molecule has 57 heavy (non-hydrogen) atoms. The number of aromatic nitrogens is 2. The van der Waals surface area contributed by atoms with Gasteiger partial charge in [-0.1, -0.05) is 93.6 Å². The van der Waals surface area contributed by atoms with Gasteiger partial charge in [-0.25, -0.2) is 4.79 Å². The van der Waals surface area contributed by atoms with Crippen molar-refractivity contribution in [2.75, 3.05) is 39.4 Å². The molecule has 2 N–H and O–H groups in total. The number of nitrogens with one attached hydrogen (secondary N) is 1. The minimum absolute atomic E-state index is 0.0140. The number of rotatable bonds is 16. The summed E-state index contributed by atoms with van der Waals surface area (Å²) >= 11 is 0. The summed E-state index contributed by atoms with van der Waals surface area (Å²) in [6.45, 7) is 9.77. The summed E-state index contributed by atoms with van der Waals surface area (Å²) in [4.78, 5) is 30.3. The third kappa shape index (κ3) is 9.27. The fraction of sp³-hybridized carbons (Fsp3) is 0.311. The zero-order valence-corrected chi connectivity index (χ0v) is 32.8. The van der Waals surface area contributed by atoms with Crippen molar-refractivity contribution in [2.45, 2.75) is 56.3 Å². The number of carbonyl (C=O) groups excluding carboxylic acids is 1. The Labute approximate surface area is 332 Å². The molecule has 1 fully saturated rings. The quantitative estimate of drug-likeness (QED) is 0.0854. The molecule has 12 heteroatoms. The van der Waals surface area contributed by atoms with Gasteiger partial charge in [0.2, 0.25) is 0 Å². The molecule has 1 aromatic heterocycles. The highest BCUT2D eigenvalue weighted by Gasteiger charge is 2.48. The van der Waals surface area contributed by atoms with Crippen LogP contribution in [0.5, 0.6) is 17.2 Å². The van der Waals surface area contributed by atoms with Crippen LogP contribution < -0.4 is 25.2 Å². The van der Waals surface area contributed by atoms with Gasteiger partial charge in [0.15, 0.2) is 12.8 Å². The lowest BCUT2D eigenvalue weighted by Crippen LogP contribution is -2.40. The Hall–Kier alpha value is -5.79. The summed E-state index contributed by atoms with van der Waals surface area (Å²) in [6.07, 6.45) is -1.29. The second kappa shape index (κ2) is 18.0. The maximum Gasteiger partial charge on any atom is 0.351 e. The monoisotopic (exact) mass is 775 g/mol. The molecular weight excluding hydrogens is 727 g/mol. The van der Waals surface area contributed by atoms with Crippen molar-refractivity contribution in [3.63, 3.8) is 0 Å². The second-order valence-corrected chi connectivity index (χ2v) is 14.6. The molecule has 4 atom stereocenters. The highest BCUT2D eigenvalue weighted by Crippen LogP contribution is 2.43. The Morgan fingerprint density at radius 2 is 1.40 bits per heavy atom. The topological polar surface area (TPSA) is 140 Å². The molecule has 1 amide bonds. The van der Waals surface area contributed by atoms with E-state index in [1.54, 1.807) is 20.3 Å². The Balaban J connectivity index is 1.23. The Bertz CT molecular complexity index is 2100. The molecule has 2 heterocycles. The van der Waals surface area contributed by atoms with Crippen LogP contribution in [0.25, 0.3) is 0 Å². The first kappa shape index (κ1) is 40.9. The first-order valence-corrected chi connectivity index (χ1v) is 18.6. The van der Waals surface area contributed by atoms with Crippen molar-refractivity contribution in [3.05, 3.63) is 161 Å². The molecule has 12 nitrogen and oxygen atoms in total. The highest BCUT2D eigenvalue weighted by molar-refractivity contribution is 5.90. The van der Waals surface area contributed by atoms with E-state index in [0.717, 1.165) is 22.3 Å². The number of amides is 1. The predicted octanol–water partition coefficient (Wildman–Crippen LogP) is 6.41. The number of ether oxygens (including phenoxy) is 6. The van der Waals surface area contributed by atoms with Crippen LogP contribution in [0.3, 0.4) is 0 Å². The number of benzene rings is 4. The summed E-state index contributed by atoms with van der Waals surface area (Å²) in [6, 6.07) is 33.9. The first-order valence-electron chi connectivity index (χ1n) is 18.6. The minimum Gasteiger partial charge on any atom is -0.497 e. The van der Waals surface area contributed by atoms with Crippen LogP contribution in [0.2, 0.25) is 0 Å². The zero-order valence-electron chi connectivity index (χ0n) is 32.8. The Kier molecular flexibility index (Phi) is 12.9. The molecule has 0 spiro atoms. The molecule has 6 rings (SSSR count). The lowest BCUT2D eigenvalue weighted by molar-refractivity contribution is -0.118. The first-order chi connectivity index (χ1) is 27.5. The number of methoxy groups -OCH3 is 2. The van der Waals surface area contributed by atoms with Gasteiger partial charge in [0.1, 0.15) is 47.0 Å². The van der Waals surface area contributed by atoms with E-state index in [4.69, 9.17) is 28.4 Å². The number of aliphatic hydroxyl groups excluding tert-OH is 1. The average Bonchev–Trinajstić information content (AvgIpc) is 3.53. The van der Waals surface area contributed by atoms with Crippen molar-refractivity contribution in [1.29, 1.82) is 0 Å². The smallest absolute Gasteiger partial charge is 0.351 e. The lowest BCUT2D eigenvalue weighted by Gasteiger charge is -2.37. The maximum atomic E-state index is 13.5. The summed E-state index contributed by atoms with van der Waals surface area (Å²) in [5.74, 6) is 1.43. The highest BCUT2D eigenvalue weighted by atomic mass is 16.6. The summed E-state index contributed by atoms with van der Waals surface area (Å²) in [5, 5.41) is 14.3. The van der Waals surface area contributed by atoms with E-state index in [-0.39, 0.29) is 31.1 Å². The fourth-order valence-electron chi connectivity index (χ4n) is 6.78. The van der Waals surface area contributed by atoms with Crippen molar-refractivity contribution < 1.29 is 38.3 Å². The van der Waals surface area contributed by atoms with Gasteiger partial charge >= 0.3 is 5.69 Å². The van der Waals surface area contributed by atoms with Crippen LogP contribution in [-0.2, 0) is 30.0 Å². The Morgan fingerprint density at radius 3 is 1.95 bits per heavy atom. The standard InChI is InChI=1S/C45H49N3O9/c1-7-27-54-41-40(50)37(57-42(41)48-26-25-38(47-43(48)51)46-39(49)29-55-36-23-13-30(14-24-36)44(2,3)4)28-56-45(31-11-9-8-10-12-31,32-15-19-34(52-5)20-16-32)33-17-21-35(53-6)22-18-33/h7-26,37,40-42,50H,1,27-29H2,2-6H3,(H,46,47,49,51)/t37-,40?,41?,42-/m1/s1. The van der Waals surface area contributed by atoms with Crippen molar-refractivity contribution in [3.8, 4) is 17.2 Å². The van der Waals surface area contributed by atoms with Gasteiger partial charge in [0, 0.05) is 6.20 Å². The number of hydrogen-bond acceptors (Lipinski definition) is 10. The van der Waals surface area contributed by atoms with Crippen LogP contribution in [0.15, 0.2) is 133 Å². The minimum atomic E-state index is -1.23. The van der Waals surface area contributed by atoms with Crippen molar-refractivity contribution in [2.24, 2.45) is 0 Å². The normalized spacial score (nSPS) is 18.1. The van der Waals surface area contributed by atoms with Crippen LogP contribution in [0.4, 0.5) is 5.82 Å². The van der Waals surface area contributed by atoms with Crippen LogP contribution >= 0.6 is 0 Å². The van der Waals surface area contributed by atoms with Gasteiger partial charge in [-0.05, 0) is 70.1 Å². The van der Waals surface area contributed by atoms with Gasteiger partial charge in [0.05, 0.1) is 27.4 Å². The van der Waals surface area contributed by atoms with Crippen molar-refractivity contribution >= 4 is 11.7 Å². The number of hydrogen-bond donors (Lipinski definition) is 2. The number of nitrogens with zero attached hydrogens (tertiary/aromatic N) is 2. The molecule has 0 aliphatic carbocycles. The molecule has 2 unspecified atom stereocenters. The molecule has 1 aliphatic rings. The molecule has 5 aromatic rings. The third-order valence-electron chi connectivity index (χ3n) is 9.82. The van der Waals surface area contributed by atoms with Crippen LogP contribution in [0.1, 0.15) is 49.3 Å². The molecule has 4 aromatic carbocycles. The summed E-state index contributed by atoms with van der Waals surface area (Å²) in [7, 11) is 3.21. The second-order valence-electron chi connectivity index (χ2n) is 14.6. The van der Waals surface area contributed by atoms with Gasteiger partial charge < -0.3 is 38.8 Å². The molecule has 1 saturated heterocycles. The maximum absolute atomic E-state index is 13.5. The Morgan fingerprint density at radius 1 is 0.842 bits per heavy atom. The molecule has 298 valence electrons. The largest absolute Gasteiger partial charge is 0.497 e. The summed E-state index contributed by atoms with van der Waals surface area (Å²) < 4.78 is 37.2. The van der Waals surface area contributed by atoms with E-state index in [1.807, 2.05) is 103 Å². The third-order valence-corrected chi connectivity index (χ3v) is 9.82. The van der Waals surface area contributed by atoms with E-state index >= 15 is 0 Å². The SMILES string of the molecule is C=CCOC1C(O)[C@@H](COC(c2ccccc2)(c2ccc(OC)cc2)c2ccc(OC)cc2)O[C@H]1n1ccc(NC(=O)COc2ccc(C(C)(C)C)cc2)nc1=O. The fourth-order valence-corrected chi connectivity index (χ4v) is 6.78. The molecule has 1 aliphatic heterocycles. The number of carbonyl (C=O) groups is 1. The zero-order chi connectivity index (χ0) is 40.6. The van der Waals surface area contributed by atoms with E-state index in [9.17, 15) is 14.7 Å². The summed E-state index contributed by atoms with van der Waals surface area (Å²) in [5.41, 5.74) is 1.63. The van der Waals surface area contributed by atoms with Crippen molar-refractivity contribution in [1.82, 2.24) is 9.55 Å². The number of anilines is 1. The van der Waals surface area contributed by atoms with Gasteiger partial charge in [-0.15, -0.1) is 6.58 Å². The van der Waals surface area contributed by atoms with Gasteiger partial charge in [-0.2, -0.15) is 4.98 Å². The molecule has 0 saturated carbocycles. The molecular formula is C45H49N3O9. The van der Waals surface area contributed by atoms with Crippen LogP contribution in [-0.4, -0.2) is 72.9 Å². The lowest BCUT2D eigenvalue weighted by atomic mass is 9.80. The van der Waals surface area contributed by atoms with E-state index < -0.39 is 41.7 Å². The van der Waals surface area contributed by atoms with Gasteiger partial charge in [0.25, 0.3) is 5.91 Å². The van der Waals surface area contributed by atoms with E-state index in [1.165, 1.54) is 16.8 Å².